The van der Waals surface area contributed by atoms with Crippen LogP contribution >= 0.6 is 0 Å². The lowest BCUT2D eigenvalue weighted by Gasteiger charge is -2.36. The topological polar surface area (TPSA) is 71.1 Å². The van der Waals surface area contributed by atoms with E-state index in [2.05, 4.69) is 22.5 Å². The third-order valence-electron chi connectivity index (χ3n) is 5.84. The standard InChI is InChI=1S/C25H27N3O2/c1-14-5-8-18(9-6-14)23-22(25(30)28-21-10-7-15(2)13-26-21)17(4)27-19-11-16(3)12-20(29)24(19)23/h5-10,13,16,23,27H,11-12H2,1-4H3,(H,26,28,30)/t16-,23-/m1/s1. The minimum atomic E-state index is -0.382. The van der Waals surface area contributed by atoms with Gasteiger partial charge in [0.25, 0.3) is 5.91 Å². The Morgan fingerprint density at radius 1 is 1.03 bits per heavy atom. The summed E-state index contributed by atoms with van der Waals surface area (Å²) in [6, 6.07) is 11.8. The summed E-state index contributed by atoms with van der Waals surface area (Å²) in [6.45, 7) is 7.98. The van der Waals surface area contributed by atoms with Crippen molar-refractivity contribution in [1.82, 2.24) is 10.3 Å². The average molecular weight is 402 g/mol. The molecule has 0 radical (unpaired) electrons. The molecule has 0 fully saturated rings. The number of ketones is 1. The van der Waals surface area contributed by atoms with Crippen LogP contribution in [0, 0.1) is 19.8 Å². The normalized spacial score (nSPS) is 21.3. The van der Waals surface area contributed by atoms with Gasteiger partial charge >= 0.3 is 0 Å². The van der Waals surface area contributed by atoms with E-state index in [9.17, 15) is 9.59 Å². The number of anilines is 1. The first-order chi connectivity index (χ1) is 14.3. The van der Waals surface area contributed by atoms with Crippen molar-refractivity contribution in [2.24, 2.45) is 5.92 Å². The van der Waals surface area contributed by atoms with Crippen LogP contribution in [0.25, 0.3) is 0 Å². The van der Waals surface area contributed by atoms with Crippen LogP contribution in [0.5, 0.6) is 0 Å². The number of amides is 1. The van der Waals surface area contributed by atoms with Crippen molar-refractivity contribution in [1.29, 1.82) is 0 Å². The van der Waals surface area contributed by atoms with E-state index < -0.39 is 0 Å². The van der Waals surface area contributed by atoms with E-state index in [0.717, 1.165) is 40.1 Å². The maximum absolute atomic E-state index is 13.4. The van der Waals surface area contributed by atoms with Crippen molar-refractivity contribution in [3.63, 3.8) is 0 Å². The molecule has 0 unspecified atom stereocenters. The van der Waals surface area contributed by atoms with Gasteiger partial charge in [0.2, 0.25) is 0 Å². The van der Waals surface area contributed by atoms with Gasteiger partial charge in [-0.2, -0.15) is 0 Å². The second-order valence-corrected chi connectivity index (χ2v) is 8.51. The number of benzene rings is 1. The summed E-state index contributed by atoms with van der Waals surface area (Å²) in [5, 5.41) is 6.29. The smallest absolute Gasteiger partial charge is 0.255 e. The highest BCUT2D eigenvalue weighted by Gasteiger charge is 2.39. The van der Waals surface area contributed by atoms with E-state index in [1.54, 1.807) is 12.3 Å². The first-order valence-electron chi connectivity index (χ1n) is 10.4. The molecule has 1 amide bonds. The van der Waals surface area contributed by atoms with Crippen molar-refractivity contribution in [3.8, 4) is 0 Å². The molecule has 2 N–H and O–H groups in total. The van der Waals surface area contributed by atoms with Crippen LogP contribution in [-0.4, -0.2) is 16.7 Å². The number of dihydropyridines is 1. The molecule has 2 aromatic rings. The fourth-order valence-electron chi connectivity index (χ4n) is 4.35. The van der Waals surface area contributed by atoms with Crippen LogP contribution in [0.4, 0.5) is 5.82 Å². The van der Waals surface area contributed by atoms with Gasteiger partial charge in [-0.3, -0.25) is 9.59 Å². The molecule has 5 nitrogen and oxygen atoms in total. The number of Topliss-reactive ketones (excluding diaryl/α,β-unsaturated/α-hetero) is 1. The van der Waals surface area contributed by atoms with Crippen LogP contribution in [0.15, 0.2) is 65.1 Å². The van der Waals surface area contributed by atoms with Crippen LogP contribution in [0.2, 0.25) is 0 Å². The maximum atomic E-state index is 13.4. The minimum Gasteiger partial charge on any atom is -0.362 e. The maximum Gasteiger partial charge on any atom is 0.255 e. The molecule has 1 aromatic heterocycles. The number of rotatable bonds is 3. The van der Waals surface area contributed by atoms with Crippen LogP contribution < -0.4 is 10.6 Å². The number of aryl methyl sites for hydroxylation is 2. The molecule has 2 atom stereocenters. The third kappa shape index (κ3) is 3.80. The largest absolute Gasteiger partial charge is 0.362 e. The first-order valence-corrected chi connectivity index (χ1v) is 10.4. The van der Waals surface area contributed by atoms with Crippen molar-refractivity contribution >= 4 is 17.5 Å². The highest BCUT2D eigenvalue weighted by atomic mass is 16.2. The van der Waals surface area contributed by atoms with Crippen LogP contribution in [-0.2, 0) is 9.59 Å². The van der Waals surface area contributed by atoms with Crippen LogP contribution in [0.3, 0.4) is 0 Å². The number of allylic oxidation sites excluding steroid dienone is 3. The lowest BCUT2D eigenvalue weighted by atomic mass is 9.73. The zero-order valence-corrected chi connectivity index (χ0v) is 17.9. The average Bonchev–Trinajstić information content (AvgIpc) is 2.69. The summed E-state index contributed by atoms with van der Waals surface area (Å²) in [5.41, 5.74) is 6.15. The SMILES string of the molecule is CC1=C(C(=O)Nc2ccc(C)cn2)[C@@H](c2ccc(C)cc2)C2=C(C[C@@H](C)CC2=O)N1. The third-order valence-corrected chi connectivity index (χ3v) is 5.84. The van der Waals surface area contributed by atoms with Gasteiger partial charge in [-0.1, -0.05) is 42.8 Å². The molecule has 0 saturated carbocycles. The van der Waals surface area contributed by atoms with Gasteiger partial charge in [-0.15, -0.1) is 0 Å². The summed E-state index contributed by atoms with van der Waals surface area (Å²) in [6.07, 6.45) is 3.05. The van der Waals surface area contributed by atoms with E-state index in [1.165, 1.54) is 0 Å². The Balaban J connectivity index is 1.78. The number of carbonyl (C=O) groups excluding carboxylic acids is 2. The van der Waals surface area contributed by atoms with Crippen molar-refractivity contribution in [3.05, 3.63) is 81.8 Å². The number of pyridine rings is 1. The fourth-order valence-corrected chi connectivity index (χ4v) is 4.35. The molecule has 1 aromatic carbocycles. The summed E-state index contributed by atoms with van der Waals surface area (Å²) in [5.74, 6) is 0.291. The summed E-state index contributed by atoms with van der Waals surface area (Å²) >= 11 is 0. The minimum absolute atomic E-state index is 0.119. The highest BCUT2D eigenvalue weighted by Crippen LogP contribution is 2.43. The van der Waals surface area contributed by atoms with Crippen molar-refractivity contribution in [2.75, 3.05) is 5.32 Å². The number of hydrogen-bond acceptors (Lipinski definition) is 4. The van der Waals surface area contributed by atoms with E-state index in [-0.39, 0.29) is 17.6 Å². The number of hydrogen-bond donors (Lipinski definition) is 2. The number of carbonyl (C=O) groups is 2. The Hall–Kier alpha value is -3.21. The van der Waals surface area contributed by atoms with Gasteiger partial charge in [0.05, 0.1) is 0 Å². The van der Waals surface area contributed by atoms with Gasteiger partial charge in [-0.05, 0) is 50.3 Å². The Labute approximate surface area is 177 Å². The van der Waals surface area contributed by atoms with E-state index in [4.69, 9.17) is 0 Å². The van der Waals surface area contributed by atoms with Gasteiger partial charge in [0.1, 0.15) is 5.82 Å². The number of nitrogens with one attached hydrogen (secondary N) is 2. The molecular formula is C25H27N3O2. The fraction of sp³-hybridized carbons (Fsp3) is 0.320. The Kier molecular flexibility index (Phi) is 5.29. The molecule has 5 heteroatoms. The predicted octanol–water partition coefficient (Wildman–Crippen LogP) is 4.55. The van der Waals surface area contributed by atoms with E-state index in [0.29, 0.717) is 23.7 Å². The lowest BCUT2D eigenvalue weighted by Crippen LogP contribution is -2.37. The zero-order chi connectivity index (χ0) is 21.4. The molecule has 2 heterocycles. The molecule has 2 aliphatic rings. The Bertz CT molecular complexity index is 1060. The van der Waals surface area contributed by atoms with Crippen LogP contribution in [0.1, 0.15) is 49.3 Å². The number of aromatic nitrogens is 1. The molecule has 30 heavy (non-hydrogen) atoms. The van der Waals surface area contributed by atoms with Gasteiger partial charge < -0.3 is 10.6 Å². The van der Waals surface area contributed by atoms with Gasteiger partial charge in [-0.25, -0.2) is 4.98 Å². The molecule has 1 aliphatic carbocycles. The second-order valence-electron chi connectivity index (χ2n) is 8.51. The summed E-state index contributed by atoms with van der Waals surface area (Å²) in [4.78, 5) is 30.8. The number of nitrogens with zero attached hydrogens (tertiary/aromatic N) is 1. The van der Waals surface area contributed by atoms with E-state index >= 15 is 0 Å². The van der Waals surface area contributed by atoms with Crippen molar-refractivity contribution in [2.45, 2.75) is 46.5 Å². The Morgan fingerprint density at radius 2 is 1.73 bits per heavy atom. The quantitative estimate of drug-likeness (QED) is 0.791. The molecular weight excluding hydrogens is 374 g/mol. The molecule has 0 saturated heterocycles. The van der Waals surface area contributed by atoms with Crippen molar-refractivity contribution < 1.29 is 9.59 Å². The molecule has 154 valence electrons. The Morgan fingerprint density at radius 3 is 2.40 bits per heavy atom. The lowest BCUT2D eigenvalue weighted by molar-refractivity contribution is -0.117. The molecule has 1 aliphatic heterocycles. The molecule has 0 bridgehead atoms. The second kappa shape index (κ2) is 7.90. The first kappa shape index (κ1) is 20.1. The monoisotopic (exact) mass is 401 g/mol. The predicted molar refractivity (Wildman–Crippen MR) is 118 cm³/mol. The zero-order valence-electron chi connectivity index (χ0n) is 17.9. The van der Waals surface area contributed by atoms with Gasteiger partial charge in [0.15, 0.2) is 5.78 Å². The van der Waals surface area contributed by atoms with Gasteiger partial charge in [0, 0.05) is 41.1 Å². The molecule has 4 rings (SSSR count). The molecule has 0 spiro atoms. The van der Waals surface area contributed by atoms with E-state index in [1.807, 2.05) is 51.1 Å². The summed E-state index contributed by atoms with van der Waals surface area (Å²) < 4.78 is 0. The summed E-state index contributed by atoms with van der Waals surface area (Å²) in [7, 11) is 0. The highest BCUT2D eigenvalue weighted by molar-refractivity contribution is 6.09.